The highest BCUT2D eigenvalue weighted by Gasteiger charge is 2.30. The van der Waals surface area contributed by atoms with Crippen molar-refractivity contribution in [2.45, 2.75) is 84.3 Å². The Hall–Kier alpha value is -2.58. The highest BCUT2D eigenvalue weighted by atomic mass is 35.5. The Balaban J connectivity index is 1.76. The molecule has 1 atom stereocenters. The fourth-order valence-electron chi connectivity index (χ4n) is 4.96. The van der Waals surface area contributed by atoms with Gasteiger partial charge in [-0.2, -0.15) is 0 Å². The van der Waals surface area contributed by atoms with Gasteiger partial charge in [-0.05, 0) is 80.5 Å². The van der Waals surface area contributed by atoms with E-state index >= 15 is 0 Å². The zero-order valence-electron chi connectivity index (χ0n) is 22.9. The molecule has 1 fully saturated rings. The summed E-state index contributed by atoms with van der Waals surface area (Å²) in [4.78, 5) is 28.5. The Labute approximate surface area is 232 Å². The lowest BCUT2D eigenvalue weighted by atomic mass is 10.1. The van der Waals surface area contributed by atoms with E-state index in [2.05, 4.69) is 5.32 Å². The number of hydrogen-bond donors (Lipinski definition) is 1. The lowest BCUT2D eigenvalue weighted by Gasteiger charge is -2.32. The number of sulfonamides is 1. The number of nitrogens with zero attached hydrogens (tertiary/aromatic N) is 2. The van der Waals surface area contributed by atoms with Crippen LogP contribution in [-0.4, -0.2) is 50.0 Å². The summed E-state index contributed by atoms with van der Waals surface area (Å²) in [6, 6.07) is 12.3. The smallest absolute Gasteiger partial charge is 0.243 e. The van der Waals surface area contributed by atoms with Crippen LogP contribution in [-0.2, 0) is 26.2 Å². The molecule has 0 aliphatic heterocycles. The van der Waals surface area contributed by atoms with Gasteiger partial charge in [0.05, 0.1) is 11.9 Å². The second kappa shape index (κ2) is 13.5. The van der Waals surface area contributed by atoms with Crippen molar-refractivity contribution < 1.29 is 18.0 Å². The van der Waals surface area contributed by atoms with Gasteiger partial charge in [0.1, 0.15) is 6.04 Å². The summed E-state index contributed by atoms with van der Waals surface area (Å²) < 4.78 is 26.5. The van der Waals surface area contributed by atoms with Crippen molar-refractivity contribution in [1.29, 1.82) is 0 Å². The minimum Gasteiger partial charge on any atom is -0.352 e. The van der Waals surface area contributed by atoms with Crippen LogP contribution in [0.5, 0.6) is 0 Å². The zero-order valence-corrected chi connectivity index (χ0v) is 24.4. The molecule has 7 nitrogen and oxygen atoms in total. The number of carbonyl (C=O) groups excluding carboxylic acids is 2. The van der Waals surface area contributed by atoms with E-state index in [1.807, 2.05) is 45.0 Å². The van der Waals surface area contributed by atoms with E-state index in [1.165, 1.54) is 10.6 Å². The molecular weight excluding hydrogens is 522 g/mol. The molecule has 1 saturated carbocycles. The Morgan fingerprint density at radius 2 is 1.71 bits per heavy atom. The minimum atomic E-state index is -3.53. The maximum atomic E-state index is 13.6. The minimum absolute atomic E-state index is 0.123. The van der Waals surface area contributed by atoms with Gasteiger partial charge in [-0.15, -0.1) is 0 Å². The Bertz CT molecular complexity index is 1210. The average Bonchev–Trinajstić information content (AvgIpc) is 3.37. The summed E-state index contributed by atoms with van der Waals surface area (Å²) in [6.07, 6.45) is 6.25. The van der Waals surface area contributed by atoms with E-state index in [9.17, 15) is 18.0 Å². The summed E-state index contributed by atoms with van der Waals surface area (Å²) in [5.41, 5.74) is 3.54. The fraction of sp³-hybridized carbons (Fsp3) is 0.517. The molecule has 3 rings (SSSR count). The molecule has 0 aromatic heterocycles. The van der Waals surface area contributed by atoms with Crippen LogP contribution in [0.1, 0.15) is 68.6 Å². The van der Waals surface area contributed by atoms with Gasteiger partial charge in [-0.3, -0.25) is 13.9 Å². The monoisotopic (exact) mass is 561 g/mol. The number of hydrogen-bond acceptors (Lipinski definition) is 4. The topological polar surface area (TPSA) is 86.8 Å². The highest BCUT2D eigenvalue weighted by Crippen LogP contribution is 2.23. The number of amides is 2. The molecular formula is C29H40ClN3O4S. The molecule has 0 bridgehead atoms. The SMILES string of the molecule is CC[C@@H](C(=O)NC1CCCC1)N(Cc1ccc(Cl)cc1)C(=O)CCCN(c1ccc(C)c(C)c1)S(C)(=O)=O. The lowest BCUT2D eigenvalue weighted by Crippen LogP contribution is -2.51. The molecule has 0 heterocycles. The first-order chi connectivity index (χ1) is 18.0. The number of nitrogens with one attached hydrogen (secondary N) is 1. The predicted molar refractivity (Wildman–Crippen MR) is 154 cm³/mol. The summed E-state index contributed by atoms with van der Waals surface area (Å²) in [6.45, 7) is 6.28. The average molecular weight is 562 g/mol. The van der Waals surface area contributed by atoms with E-state index in [0.717, 1.165) is 42.4 Å². The van der Waals surface area contributed by atoms with Gasteiger partial charge in [0.2, 0.25) is 21.8 Å². The zero-order chi connectivity index (χ0) is 27.9. The molecule has 0 unspecified atom stereocenters. The van der Waals surface area contributed by atoms with E-state index in [-0.39, 0.29) is 37.4 Å². The maximum Gasteiger partial charge on any atom is 0.243 e. The molecule has 2 amide bonds. The third-order valence-electron chi connectivity index (χ3n) is 7.28. The van der Waals surface area contributed by atoms with Gasteiger partial charge in [0.25, 0.3) is 0 Å². The van der Waals surface area contributed by atoms with Crippen molar-refractivity contribution in [3.05, 3.63) is 64.2 Å². The molecule has 0 saturated heterocycles. The number of anilines is 1. The lowest BCUT2D eigenvalue weighted by molar-refractivity contribution is -0.141. The molecule has 9 heteroatoms. The van der Waals surface area contributed by atoms with Crippen LogP contribution >= 0.6 is 11.6 Å². The number of halogens is 1. The summed E-state index contributed by atoms with van der Waals surface area (Å²) in [5, 5.41) is 3.75. The fourth-order valence-corrected chi connectivity index (χ4v) is 6.04. The van der Waals surface area contributed by atoms with Crippen molar-refractivity contribution in [1.82, 2.24) is 10.2 Å². The quantitative estimate of drug-likeness (QED) is 0.377. The van der Waals surface area contributed by atoms with Crippen LogP contribution in [0.2, 0.25) is 5.02 Å². The maximum absolute atomic E-state index is 13.6. The van der Waals surface area contributed by atoms with Crippen LogP contribution in [0.3, 0.4) is 0 Å². The van der Waals surface area contributed by atoms with Gasteiger partial charge >= 0.3 is 0 Å². The van der Waals surface area contributed by atoms with Gasteiger partial charge in [-0.25, -0.2) is 8.42 Å². The van der Waals surface area contributed by atoms with Crippen molar-refractivity contribution in [2.24, 2.45) is 0 Å². The first-order valence-corrected chi connectivity index (χ1v) is 15.6. The van der Waals surface area contributed by atoms with Crippen LogP contribution in [0.4, 0.5) is 5.69 Å². The Morgan fingerprint density at radius 1 is 1.05 bits per heavy atom. The highest BCUT2D eigenvalue weighted by molar-refractivity contribution is 7.92. The largest absolute Gasteiger partial charge is 0.352 e. The molecule has 2 aromatic carbocycles. The van der Waals surface area contributed by atoms with E-state index in [1.54, 1.807) is 23.1 Å². The predicted octanol–water partition coefficient (Wildman–Crippen LogP) is 5.37. The van der Waals surface area contributed by atoms with Gasteiger partial charge in [0.15, 0.2) is 0 Å². The van der Waals surface area contributed by atoms with Crippen molar-refractivity contribution >= 4 is 39.1 Å². The van der Waals surface area contributed by atoms with Crippen molar-refractivity contribution in [2.75, 3.05) is 17.1 Å². The molecule has 1 aliphatic rings. The Morgan fingerprint density at radius 3 is 2.29 bits per heavy atom. The van der Waals surface area contributed by atoms with Crippen LogP contribution in [0.25, 0.3) is 0 Å². The van der Waals surface area contributed by atoms with Crippen molar-refractivity contribution in [3.63, 3.8) is 0 Å². The number of rotatable bonds is 12. The normalized spacial score (nSPS) is 14.8. The third kappa shape index (κ3) is 8.21. The molecule has 1 aliphatic carbocycles. The van der Waals surface area contributed by atoms with Gasteiger partial charge < -0.3 is 10.2 Å². The number of carbonyl (C=O) groups is 2. The first-order valence-electron chi connectivity index (χ1n) is 13.4. The summed E-state index contributed by atoms with van der Waals surface area (Å²) in [5.74, 6) is -0.309. The molecule has 208 valence electrons. The molecule has 0 radical (unpaired) electrons. The summed E-state index contributed by atoms with van der Waals surface area (Å²) >= 11 is 6.05. The summed E-state index contributed by atoms with van der Waals surface area (Å²) in [7, 11) is -3.53. The molecule has 38 heavy (non-hydrogen) atoms. The van der Waals surface area contributed by atoms with Crippen molar-refractivity contribution in [3.8, 4) is 0 Å². The Kier molecular flexibility index (Phi) is 10.6. The van der Waals surface area contributed by atoms with Gasteiger partial charge in [0, 0.05) is 30.6 Å². The van der Waals surface area contributed by atoms with E-state index in [0.29, 0.717) is 23.6 Å². The van der Waals surface area contributed by atoms with Crippen LogP contribution in [0, 0.1) is 13.8 Å². The second-order valence-corrected chi connectivity index (χ2v) is 12.6. The van der Waals surface area contributed by atoms with Gasteiger partial charge in [-0.1, -0.05) is 49.6 Å². The van der Waals surface area contributed by atoms with Crippen LogP contribution < -0.4 is 9.62 Å². The molecule has 2 aromatic rings. The number of aryl methyl sites for hydroxylation is 2. The molecule has 1 N–H and O–H groups in total. The number of benzene rings is 2. The third-order valence-corrected chi connectivity index (χ3v) is 8.73. The van der Waals surface area contributed by atoms with E-state index < -0.39 is 16.1 Å². The van der Waals surface area contributed by atoms with E-state index in [4.69, 9.17) is 11.6 Å². The van der Waals surface area contributed by atoms with Crippen LogP contribution in [0.15, 0.2) is 42.5 Å². The first kappa shape index (κ1) is 30.0. The standard InChI is InChI=1S/C29H40ClN3O4S/c1-5-27(29(35)31-25-9-6-7-10-25)32(20-23-13-15-24(30)16-14-23)28(34)11-8-18-33(38(4,36)37)26-17-12-21(2)22(3)19-26/h12-17,19,25,27H,5-11,18,20H2,1-4H3,(H,31,35)/t27-/m0/s1. The second-order valence-electron chi connectivity index (χ2n) is 10.3. The molecule has 0 spiro atoms.